The second-order valence-electron chi connectivity index (χ2n) is 4.14. The second kappa shape index (κ2) is 5.79. The predicted octanol–water partition coefficient (Wildman–Crippen LogP) is 2.87. The number of hydrogen-bond acceptors (Lipinski definition) is 4. The van der Waals surface area contributed by atoms with E-state index in [1.165, 1.54) is 19.2 Å². The number of benzene rings is 2. The summed E-state index contributed by atoms with van der Waals surface area (Å²) in [5.41, 5.74) is 5.28. The van der Waals surface area contributed by atoms with E-state index in [0.29, 0.717) is 5.75 Å². The number of nitrogens with two attached hydrogens (primary N) is 1. The molecule has 0 spiro atoms. The monoisotopic (exact) mass is 330 g/mol. The van der Waals surface area contributed by atoms with Crippen molar-refractivity contribution in [3.05, 3.63) is 47.2 Å². The molecule has 0 aliphatic heterocycles. The van der Waals surface area contributed by atoms with Gasteiger partial charge < -0.3 is 10.5 Å². The highest BCUT2D eigenvalue weighted by Crippen LogP contribution is 2.27. The third-order valence-electron chi connectivity index (χ3n) is 2.64. The molecule has 0 saturated carbocycles. The van der Waals surface area contributed by atoms with Gasteiger partial charge in [0.05, 0.1) is 18.5 Å². The molecule has 0 saturated heterocycles. The SMILES string of the molecule is COc1cccc(NS(=O)(=O)c2cc(Cl)cc(N)c2F)c1. The zero-order valence-electron chi connectivity index (χ0n) is 10.9. The van der Waals surface area contributed by atoms with Crippen molar-refractivity contribution in [3.8, 4) is 5.75 Å². The third kappa shape index (κ3) is 3.37. The molecule has 112 valence electrons. The molecular weight excluding hydrogens is 319 g/mol. The van der Waals surface area contributed by atoms with Crippen molar-refractivity contribution in [1.82, 2.24) is 0 Å². The summed E-state index contributed by atoms with van der Waals surface area (Å²) < 4.78 is 45.6. The number of nitrogen functional groups attached to an aromatic ring is 1. The van der Waals surface area contributed by atoms with Crippen LogP contribution >= 0.6 is 11.6 Å². The number of rotatable bonds is 4. The van der Waals surface area contributed by atoms with Crippen molar-refractivity contribution >= 4 is 33.0 Å². The smallest absolute Gasteiger partial charge is 0.264 e. The number of hydrogen-bond donors (Lipinski definition) is 2. The van der Waals surface area contributed by atoms with E-state index < -0.39 is 20.7 Å². The maximum atomic E-state index is 13.9. The van der Waals surface area contributed by atoms with E-state index in [1.807, 2.05) is 0 Å². The van der Waals surface area contributed by atoms with Crippen LogP contribution in [0.5, 0.6) is 5.75 Å². The molecule has 0 unspecified atom stereocenters. The molecule has 0 bridgehead atoms. The molecule has 0 radical (unpaired) electrons. The Morgan fingerprint density at radius 3 is 2.67 bits per heavy atom. The number of nitrogens with one attached hydrogen (secondary N) is 1. The van der Waals surface area contributed by atoms with Gasteiger partial charge in [-0.25, -0.2) is 12.8 Å². The minimum absolute atomic E-state index is 0.0277. The summed E-state index contributed by atoms with van der Waals surface area (Å²) in [5.74, 6) is -0.587. The summed E-state index contributed by atoms with van der Waals surface area (Å²) in [6, 6.07) is 8.35. The lowest BCUT2D eigenvalue weighted by molar-refractivity contribution is 0.415. The molecule has 2 aromatic carbocycles. The van der Waals surface area contributed by atoms with Crippen molar-refractivity contribution in [3.63, 3.8) is 0 Å². The van der Waals surface area contributed by atoms with Gasteiger partial charge in [0.15, 0.2) is 5.82 Å². The minimum atomic E-state index is -4.16. The lowest BCUT2D eigenvalue weighted by Gasteiger charge is -2.11. The van der Waals surface area contributed by atoms with Crippen molar-refractivity contribution in [2.24, 2.45) is 0 Å². The van der Waals surface area contributed by atoms with E-state index in [0.717, 1.165) is 12.1 Å². The summed E-state index contributed by atoms with van der Waals surface area (Å²) in [6.07, 6.45) is 0. The van der Waals surface area contributed by atoms with Crippen molar-refractivity contribution in [2.75, 3.05) is 17.6 Å². The highest BCUT2D eigenvalue weighted by molar-refractivity contribution is 7.92. The van der Waals surface area contributed by atoms with Crippen LogP contribution in [0, 0.1) is 5.82 Å². The van der Waals surface area contributed by atoms with Crippen LogP contribution in [0.3, 0.4) is 0 Å². The van der Waals surface area contributed by atoms with Gasteiger partial charge in [-0.2, -0.15) is 0 Å². The van der Waals surface area contributed by atoms with E-state index in [4.69, 9.17) is 22.1 Å². The molecule has 0 aliphatic carbocycles. The first-order valence-electron chi connectivity index (χ1n) is 5.75. The summed E-state index contributed by atoms with van der Waals surface area (Å²) >= 11 is 5.72. The number of anilines is 2. The Bertz CT molecular complexity index is 781. The molecule has 21 heavy (non-hydrogen) atoms. The minimum Gasteiger partial charge on any atom is -0.497 e. The molecule has 8 heteroatoms. The van der Waals surface area contributed by atoms with E-state index in [9.17, 15) is 12.8 Å². The van der Waals surface area contributed by atoms with Gasteiger partial charge in [0.2, 0.25) is 0 Å². The van der Waals surface area contributed by atoms with Gasteiger partial charge in [-0.15, -0.1) is 0 Å². The molecule has 0 fully saturated rings. The molecule has 0 atom stereocenters. The number of ether oxygens (including phenoxy) is 1. The highest BCUT2D eigenvalue weighted by atomic mass is 35.5. The van der Waals surface area contributed by atoms with E-state index in [2.05, 4.69) is 4.72 Å². The normalized spacial score (nSPS) is 11.2. The Morgan fingerprint density at radius 1 is 1.29 bits per heavy atom. The van der Waals surface area contributed by atoms with Crippen LogP contribution in [0.2, 0.25) is 5.02 Å². The Balaban J connectivity index is 2.43. The van der Waals surface area contributed by atoms with Gasteiger partial charge in [-0.3, -0.25) is 4.72 Å². The van der Waals surface area contributed by atoms with Crippen LogP contribution in [-0.2, 0) is 10.0 Å². The fourth-order valence-electron chi connectivity index (χ4n) is 1.68. The first kappa shape index (κ1) is 15.4. The fourth-order valence-corrected chi connectivity index (χ4v) is 3.15. The average Bonchev–Trinajstić information content (AvgIpc) is 2.42. The predicted molar refractivity (Wildman–Crippen MR) is 79.6 cm³/mol. The van der Waals surface area contributed by atoms with E-state index in [1.54, 1.807) is 12.1 Å². The molecule has 5 nitrogen and oxygen atoms in total. The zero-order chi connectivity index (χ0) is 15.6. The zero-order valence-corrected chi connectivity index (χ0v) is 12.5. The number of sulfonamides is 1. The Morgan fingerprint density at radius 2 is 2.00 bits per heavy atom. The molecule has 0 aromatic heterocycles. The van der Waals surface area contributed by atoms with Gasteiger partial charge in [0, 0.05) is 11.1 Å². The lowest BCUT2D eigenvalue weighted by Crippen LogP contribution is -2.15. The molecule has 2 aromatic rings. The topological polar surface area (TPSA) is 81.4 Å². The van der Waals surface area contributed by atoms with Crippen LogP contribution in [0.25, 0.3) is 0 Å². The Kier molecular flexibility index (Phi) is 4.24. The molecule has 3 N–H and O–H groups in total. The van der Waals surface area contributed by atoms with Gasteiger partial charge in [0.1, 0.15) is 10.6 Å². The lowest BCUT2D eigenvalue weighted by atomic mass is 10.3. The second-order valence-corrected chi connectivity index (χ2v) is 6.23. The van der Waals surface area contributed by atoms with Crippen LogP contribution in [0.4, 0.5) is 15.8 Å². The van der Waals surface area contributed by atoms with E-state index >= 15 is 0 Å². The maximum Gasteiger partial charge on any atom is 0.264 e. The van der Waals surface area contributed by atoms with E-state index in [-0.39, 0.29) is 16.4 Å². The third-order valence-corrected chi connectivity index (χ3v) is 4.24. The van der Waals surface area contributed by atoms with Crippen LogP contribution < -0.4 is 15.2 Å². The Hall–Kier alpha value is -1.99. The molecule has 2 rings (SSSR count). The largest absolute Gasteiger partial charge is 0.497 e. The maximum absolute atomic E-state index is 13.9. The first-order chi connectivity index (χ1) is 9.83. The quantitative estimate of drug-likeness (QED) is 0.845. The van der Waals surface area contributed by atoms with Gasteiger partial charge in [0.25, 0.3) is 10.0 Å². The van der Waals surface area contributed by atoms with Gasteiger partial charge in [-0.1, -0.05) is 17.7 Å². The van der Waals surface area contributed by atoms with Gasteiger partial charge >= 0.3 is 0 Å². The summed E-state index contributed by atoms with van der Waals surface area (Å²) in [6.45, 7) is 0. The van der Waals surface area contributed by atoms with Crippen molar-refractivity contribution < 1.29 is 17.5 Å². The molecule has 0 aliphatic rings. The number of halogens is 2. The van der Waals surface area contributed by atoms with Gasteiger partial charge in [-0.05, 0) is 24.3 Å². The molecule has 0 heterocycles. The van der Waals surface area contributed by atoms with Crippen LogP contribution in [0.1, 0.15) is 0 Å². The highest BCUT2D eigenvalue weighted by Gasteiger charge is 2.22. The number of methoxy groups -OCH3 is 1. The fraction of sp³-hybridized carbons (Fsp3) is 0.0769. The molecule has 0 amide bonds. The first-order valence-corrected chi connectivity index (χ1v) is 7.61. The van der Waals surface area contributed by atoms with Crippen LogP contribution in [0.15, 0.2) is 41.3 Å². The molecular formula is C13H12ClFN2O3S. The standard InChI is InChI=1S/C13H12ClFN2O3S/c1-20-10-4-2-3-9(7-10)17-21(18,19)12-6-8(14)5-11(16)13(12)15/h2-7,17H,16H2,1H3. The Labute approximate surface area is 126 Å². The van der Waals surface area contributed by atoms with Crippen molar-refractivity contribution in [1.29, 1.82) is 0 Å². The summed E-state index contributed by atoms with van der Waals surface area (Å²) in [4.78, 5) is -0.615. The summed E-state index contributed by atoms with van der Waals surface area (Å²) in [7, 11) is -2.71. The van der Waals surface area contributed by atoms with Crippen molar-refractivity contribution in [2.45, 2.75) is 4.90 Å². The average molecular weight is 331 g/mol. The van der Waals surface area contributed by atoms with Crippen LogP contribution in [-0.4, -0.2) is 15.5 Å². The summed E-state index contributed by atoms with van der Waals surface area (Å²) in [5, 5.41) is 0.0277.